The van der Waals surface area contributed by atoms with Crippen LogP contribution in [-0.2, 0) is 4.79 Å². The number of urea groups is 1. The minimum Gasteiger partial charge on any atom is -0.493 e. The normalized spacial score (nSPS) is 27.7. The van der Waals surface area contributed by atoms with Gasteiger partial charge in [-0.3, -0.25) is 15.1 Å². The van der Waals surface area contributed by atoms with Crippen molar-refractivity contribution >= 4 is 17.9 Å². The first-order valence-corrected chi connectivity index (χ1v) is 10.3. The lowest BCUT2D eigenvalue weighted by Gasteiger charge is -2.40. The zero-order chi connectivity index (χ0) is 20.4. The maximum absolute atomic E-state index is 12.2. The van der Waals surface area contributed by atoms with E-state index >= 15 is 0 Å². The van der Waals surface area contributed by atoms with Gasteiger partial charge in [0.05, 0.1) is 6.61 Å². The summed E-state index contributed by atoms with van der Waals surface area (Å²) >= 11 is 0. The Balaban J connectivity index is 1.34. The molecule has 0 aliphatic carbocycles. The third-order valence-corrected chi connectivity index (χ3v) is 6.48. The number of piperidine rings is 1. The number of carbonyl (C=O) groups is 2. The Morgan fingerprint density at radius 1 is 1.28 bits per heavy atom. The lowest BCUT2D eigenvalue weighted by atomic mass is 9.79. The summed E-state index contributed by atoms with van der Waals surface area (Å²) in [7, 11) is 1.80. The summed E-state index contributed by atoms with van der Waals surface area (Å²) < 4.78 is 5.76. The molecular weight excluding hydrogens is 370 g/mol. The molecule has 2 atom stereocenters. The van der Waals surface area contributed by atoms with Gasteiger partial charge >= 0.3 is 6.03 Å². The van der Waals surface area contributed by atoms with E-state index in [1.165, 1.54) is 5.56 Å². The molecule has 3 amide bonds. The maximum Gasteiger partial charge on any atom is 0.322 e. The Labute approximate surface area is 171 Å². The molecule has 0 saturated carbocycles. The number of nitrogens with zero attached hydrogens (tertiary/aromatic N) is 2. The molecule has 3 heterocycles. The second kappa shape index (κ2) is 7.93. The van der Waals surface area contributed by atoms with Gasteiger partial charge < -0.3 is 20.3 Å². The van der Waals surface area contributed by atoms with Gasteiger partial charge in [-0.15, -0.1) is 0 Å². The van der Waals surface area contributed by atoms with E-state index in [4.69, 9.17) is 4.74 Å². The summed E-state index contributed by atoms with van der Waals surface area (Å²) in [6.07, 6.45) is 2.63. The number of para-hydroxylation sites is 1. The molecule has 0 spiro atoms. The number of hydrogen-bond donors (Lipinski definition) is 3. The molecule has 8 heteroatoms. The SMILES string of the molecule is CN=C(NCC1CCOc2ccccc21)N1CCC(C2(C)NC(=O)NC2=O)CC1. The molecule has 3 aliphatic rings. The first-order valence-electron chi connectivity index (χ1n) is 10.3. The third-order valence-electron chi connectivity index (χ3n) is 6.48. The van der Waals surface area contributed by atoms with Gasteiger partial charge in [0.25, 0.3) is 5.91 Å². The fraction of sp³-hybridized carbons (Fsp3) is 0.571. The highest BCUT2D eigenvalue weighted by atomic mass is 16.5. The number of benzene rings is 1. The van der Waals surface area contributed by atoms with Gasteiger partial charge in [0.15, 0.2) is 5.96 Å². The Kier molecular flexibility index (Phi) is 5.34. The monoisotopic (exact) mass is 399 g/mol. The number of carbonyl (C=O) groups excluding carboxylic acids is 2. The van der Waals surface area contributed by atoms with E-state index in [1.54, 1.807) is 7.05 Å². The molecule has 29 heavy (non-hydrogen) atoms. The van der Waals surface area contributed by atoms with Crippen molar-refractivity contribution in [3.63, 3.8) is 0 Å². The van der Waals surface area contributed by atoms with Crippen molar-refractivity contribution in [3.05, 3.63) is 29.8 Å². The lowest BCUT2D eigenvalue weighted by molar-refractivity contribution is -0.125. The van der Waals surface area contributed by atoms with Crippen LogP contribution in [0.25, 0.3) is 0 Å². The van der Waals surface area contributed by atoms with Crippen molar-refractivity contribution in [1.29, 1.82) is 0 Å². The average molecular weight is 399 g/mol. The van der Waals surface area contributed by atoms with Crippen LogP contribution in [0.4, 0.5) is 4.79 Å². The Hall–Kier alpha value is -2.77. The lowest BCUT2D eigenvalue weighted by Crippen LogP contribution is -2.55. The molecule has 8 nitrogen and oxygen atoms in total. The van der Waals surface area contributed by atoms with Crippen molar-refractivity contribution in [2.45, 2.75) is 37.6 Å². The Morgan fingerprint density at radius 3 is 2.72 bits per heavy atom. The van der Waals surface area contributed by atoms with Gasteiger partial charge in [0.1, 0.15) is 11.3 Å². The minimum absolute atomic E-state index is 0.116. The van der Waals surface area contributed by atoms with Crippen molar-refractivity contribution < 1.29 is 14.3 Å². The predicted molar refractivity (Wildman–Crippen MR) is 110 cm³/mol. The molecule has 2 fully saturated rings. The second-order valence-corrected chi connectivity index (χ2v) is 8.17. The molecule has 1 aromatic rings. The number of fused-ring (bicyclic) bond motifs is 1. The molecule has 4 rings (SSSR count). The number of imide groups is 1. The van der Waals surface area contributed by atoms with Gasteiger partial charge in [-0.1, -0.05) is 18.2 Å². The first-order chi connectivity index (χ1) is 14.0. The molecule has 0 bridgehead atoms. The number of aliphatic imine (C=N–C) groups is 1. The van der Waals surface area contributed by atoms with Crippen LogP contribution in [-0.4, -0.2) is 61.6 Å². The fourth-order valence-corrected chi connectivity index (χ4v) is 4.69. The van der Waals surface area contributed by atoms with Crippen LogP contribution in [0.15, 0.2) is 29.3 Å². The summed E-state index contributed by atoms with van der Waals surface area (Å²) in [5.41, 5.74) is 0.433. The predicted octanol–water partition coefficient (Wildman–Crippen LogP) is 1.44. The van der Waals surface area contributed by atoms with Crippen LogP contribution in [0.1, 0.15) is 37.7 Å². The van der Waals surface area contributed by atoms with Crippen molar-refractivity contribution in [3.8, 4) is 5.75 Å². The number of ether oxygens (including phenoxy) is 1. The number of guanidine groups is 1. The van der Waals surface area contributed by atoms with E-state index in [9.17, 15) is 9.59 Å². The van der Waals surface area contributed by atoms with Gasteiger partial charge in [-0.2, -0.15) is 0 Å². The van der Waals surface area contributed by atoms with E-state index in [0.29, 0.717) is 5.92 Å². The molecule has 0 radical (unpaired) electrons. The standard InChI is InChI=1S/C21H29N5O3/c1-21(18(27)24-20(28)25-21)15-7-10-26(11-8-15)19(22-2)23-13-14-9-12-29-17-6-4-3-5-16(14)17/h3-6,14-15H,7-13H2,1-2H3,(H,22,23)(H2,24,25,27,28). The second-order valence-electron chi connectivity index (χ2n) is 8.17. The Bertz CT molecular complexity index is 818. The van der Waals surface area contributed by atoms with Crippen molar-refractivity contribution in [2.75, 3.05) is 33.3 Å². The molecule has 3 N–H and O–H groups in total. The van der Waals surface area contributed by atoms with Gasteiger partial charge in [-0.05, 0) is 43.7 Å². The van der Waals surface area contributed by atoms with E-state index in [0.717, 1.165) is 57.2 Å². The highest BCUT2D eigenvalue weighted by molar-refractivity contribution is 6.07. The largest absolute Gasteiger partial charge is 0.493 e. The average Bonchev–Trinajstić information content (AvgIpc) is 3.01. The highest BCUT2D eigenvalue weighted by Crippen LogP contribution is 2.33. The van der Waals surface area contributed by atoms with Crippen LogP contribution >= 0.6 is 0 Å². The molecule has 0 aromatic heterocycles. The summed E-state index contributed by atoms with van der Waals surface area (Å²) in [5.74, 6) is 2.15. The van der Waals surface area contributed by atoms with Gasteiger partial charge in [0, 0.05) is 32.6 Å². The van der Waals surface area contributed by atoms with E-state index in [1.807, 2.05) is 19.1 Å². The van der Waals surface area contributed by atoms with E-state index in [2.05, 4.69) is 38.0 Å². The van der Waals surface area contributed by atoms with Gasteiger partial charge in [-0.25, -0.2) is 4.79 Å². The molecule has 3 aliphatic heterocycles. The number of rotatable bonds is 3. The first kappa shape index (κ1) is 19.5. The van der Waals surface area contributed by atoms with Crippen molar-refractivity contribution in [1.82, 2.24) is 20.9 Å². The molecular formula is C21H29N5O3. The fourth-order valence-electron chi connectivity index (χ4n) is 4.69. The summed E-state index contributed by atoms with van der Waals surface area (Å²) in [6.45, 7) is 4.97. The third kappa shape index (κ3) is 3.75. The number of likely N-dealkylation sites (tertiary alicyclic amines) is 1. The zero-order valence-electron chi connectivity index (χ0n) is 17.0. The highest BCUT2D eigenvalue weighted by Gasteiger charge is 2.48. The maximum atomic E-state index is 12.2. The summed E-state index contributed by atoms with van der Waals surface area (Å²) in [4.78, 5) is 30.5. The summed E-state index contributed by atoms with van der Waals surface area (Å²) in [5, 5.41) is 8.71. The smallest absolute Gasteiger partial charge is 0.322 e. The minimum atomic E-state index is -0.814. The number of amides is 3. The molecule has 2 saturated heterocycles. The van der Waals surface area contributed by atoms with Crippen LogP contribution in [0.5, 0.6) is 5.75 Å². The molecule has 2 unspecified atom stereocenters. The van der Waals surface area contributed by atoms with Gasteiger partial charge in [0.2, 0.25) is 0 Å². The molecule has 156 valence electrons. The van der Waals surface area contributed by atoms with Crippen LogP contribution < -0.4 is 20.7 Å². The topological polar surface area (TPSA) is 95.1 Å². The zero-order valence-corrected chi connectivity index (χ0v) is 17.0. The summed E-state index contributed by atoms with van der Waals surface area (Å²) in [6, 6.07) is 7.83. The van der Waals surface area contributed by atoms with Crippen LogP contribution in [0.3, 0.4) is 0 Å². The molecule has 1 aromatic carbocycles. The van der Waals surface area contributed by atoms with E-state index in [-0.39, 0.29) is 11.8 Å². The quantitative estimate of drug-likeness (QED) is 0.406. The number of nitrogens with one attached hydrogen (secondary N) is 3. The Morgan fingerprint density at radius 2 is 2.03 bits per heavy atom. The van der Waals surface area contributed by atoms with Crippen LogP contribution in [0, 0.1) is 5.92 Å². The number of hydrogen-bond acceptors (Lipinski definition) is 4. The van der Waals surface area contributed by atoms with Crippen molar-refractivity contribution in [2.24, 2.45) is 10.9 Å². The van der Waals surface area contributed by atoms with Crippen LogP contribution in [0.2, 0.25) is 0 Å². The van der Waals surface area contributed by atoms with E-state index < -0.39 is 11.6 Å².